The van der Waals surface area contributed by atoms with Crippen molar-refractivity contribution in [2.45, 2.75) is 13.5 Å². The summed E-state index contributed by atoms with van der Waals surface area (Å²) in [6.45, 7) is 2.15. The number of pyridine rings is 2. The molecule has 0 spiro atoms. The van der Waals surface area contributed by atoms with Gasteiger partial charge in [-0.3, -0.25) is 19.3 Å². The molecule has 0 unspecified atom stereocenters. The van der Waals surface area contributed by atoms with Crippen molar-refractivity contribution in [3.63, 3.8) is 0 Å². The monoisotopic (exact) mass is 509 g/mol. The van der Waals surface area contributed by atoms with E-state index >= 15 is 0 Å². The highest BCUT2D eigenvalue weighted by Crippen LogP contribution is 2.31. The maximum absolute atomic E-state index is 12.4. The second kappa shape index (κ2) is 10.1. The number of nitrogens with one attached hydrogen (secondary N) is 3. The molecule has 7 N–H and O–H groups in total. The van der Waals surface area contributed by atoms with Gasteiger partial charge in [-0.1, -0.05) is 0 Å². The summed E-state index contributed by atoms with van der Waals surface area (Å²) < 4.78 is 25.3. The molecule has 0 aliphatic rings. The Morgan fingerprint density at radius 2 is 1.86 bits per heavy atom. The lowest BCUT2D eigenvalue weighted by atomic mass is 9.99. The smallest absolute Gasteiger partial charge is 0.315 e. The van der Waals surface area contributed by atoms with E-state index in [2.05, 4.69) is 30.4 Å². The van der Waals surface area contributed by atoms with Crippen molar-refractivity contribution < 1.29 is 18.0 Å². The van der Waals surface area contributed by atoms with Crippen molar-refractivity contribution in [2.75, 3.05) is 22.9 Å². The molecule has 3 aromatic heterocycles. The van der Waals surface area contributed by atoms with Gasteiger partial charge in [0.05, 0.1) is 18.4 Å². The number of rotatable bonds is 7. The predicted octanol–water partition coefficient (Wildman–Crippen LogP) is 0.754. The van der Waals surface area contributed by atoms with Crippen LogP contribution in [0.2, 0.25) is 0 Å². The Bertz CT molecular complexity index is 1570. The van der Waals surface area contributed by atoms with Crippen LogP contribution in [-0.4, -0.2) is 46.5 Å². The minimum atomic E-state index is -3.81. The zero-order chi connectivity index (χ0) is 25.9. The van der Waals surface area contributed by atoms with Crippen LogP contribution in [0, 0.1) is 6.92 Å². The molecule has 1 aromatic carbocycles. The first kappa shape index (κ1) is 24.7. The molecule has 4 aromatic rings. The van der Waals surface area contributed by atoms with E-state index in [-0.39, 0.29) is 24.6 Å². The normalized spacial score (nSPS) is 11.4. The Kier molecular flexibility index (Phi) is 6.91. The maximum atomic E-state index is 12.4. The van der Waals surface area contributed by atoms with Crippen LogP contribution in [0.4, 0.5) is 17.2 Å². The van der Waals surface area contributed by atoms with Gasteiger partial charge >= 0.3 is 11.8 Å². The van der Waals surface area contributed by atoms with Crippen LogP contribution >= 0.6 is 0 Å². The molecular formula is C22H23N9O4S. The van der Waals surface area contributed by atoms with E-state index < -0.39 is 22.0 Å². The van der Waals surface area contributed by atoms with E-state index in [1.165, 1.54) is 23.3 Å². The zero-order valence-electron chi connectivity index (χ0n) is 19.1. The summed E-state index contributed by atoms with van der Waals surface area (Å²) in [5.74, 6) is -1.69. The number of nitrogens with two attached hydrogens (primary N) is 2. The molecule has 0 fully saturated rings. The van der Waals surface area contributed by atoms with Gasteiger partial charge in [0.15, 0.2) is 0 Å². The Balaban J connectivity index is 1.44. The van der Waals surface area contributed by atoms with Gasteiger partial charge in [-0.2, -0.15) is 13.5 Å². The number of carbonyl (C=O) groups excluding carboxylic acids is 2. The number of amides is 2. The van der Waals surface area contributed by atoms with Gasteiger partial charge in [-0.25, -0.2) is 14.8 Å². The fourth-order valence-electron chi connectivity index (χ4n) is 3.49. The summed E-state index contributed by atoms with van der Waals surface area (Å²) in [6.07, 6.45) is 7.75. The first-order chi connectivity index (χ1) is 17.1. The third-order valence-corrected chi connectivity index (χ3v) is 5.81. The number of nitrogen functional groups attached to an aromatic ring is 1. The standard InChI is InChI=1S/C22H23N9O4S/c1-13-2-3-25-10-17(13)14-6-15-8-20(26-11-18(15)19(23)7-14)30-22(33)21(32)29-16-9-27-31(12-16)5-4-28-36(24,34)35/h2-3,6-12,28H,4-5,23H2,1H3,(H,29,32)(H2,24,34,35)(H,26,30,33). The van der Waals surface area contributed by atoms with Crippen molar-refractivity contribution in [2.24, 2.45) is 5.14 Å². The molecule has 0 atom stereocenters. The van der Waals surface area contributed by atoms with Crippen LogP contribution in [0.25, 0.3) is 21.9 Å². The average Bonchev–Trinajstić information content (AvgIpc) is 3.25. The number of nitrogens with zero attached hydrogens (tertiary/aromatic N) is 4. The molecule has 0 saturated heterocycles. The molecular weight excluding hydrogens is 486 g/mol. The second-order valence-electron chi connectivity index (χ2n) is 7.89. The third kappa shape index (κ3) is 5.99. The van der Waals surface area contributed by atoms with Crippen molar-refractivity contribution in [3.8, 4) is 11.1 Å². The first-order valence-electron chi connectivity index (χ1n) is 10.6. The summed E-state index contributed by atoms with van der Waals surface area (Å²) in [6, 6.07) is 7.28. The number of hydrogen-bond donors (Lipinski definition) is 5. The van der Waals surface area contributed by atoms with E-state index in [0.29, 0.717) is 11.1 Å². The Morgan fingerprint density at radius 1 is 1.08 bits per heavy atom. The van der Waals surface area contributed by atoms with E-state index in [1.54, 1.807) is 18.5 Å². The number of carbonyl (C=O) groups is 2. The Morgan fingerprint density at radius 3 is 2.61 bits per heavy atom. The largest absolute Gasteiger partial charge is 0.398 e. The number of anilines is 3. The molecule has 4 rings (SSSR count). The van der Waals surface area contributed by atoms with E-state index in [9.17, 15) is 18.0 Å². The fraction of sp³-hybridized carbons (Fsp3) is 0.136. The molecule has 0 aliphatic heterocycles. The van der Waals surface area contributed by atoms with Gasteiger partial charge in [-0.05, 0) is 47.7 Å². The quantitative estimate of drug-likeness (QED) is 0.177. The van der Waals surface area contributed by atoms with Crippen molar-refractivity contribution in [1.29, 1.82) is 0 Å². The minimum Gasteiger partial charge on any atom is -0.398 e. The van der Waals surface area contributed by atoms with E-state index in [1.807, 2.05) is 25.1 Å². The SMILES string of the molecule is Cc1ccncc1-c1cc(N)c2cnc(NC(=O)C(=O)Nc3cnn(CCNS(N)(=O)=O)c3)cc2c1. The number of hydrogen-bond acceptors (Lipinski definition) is 8. The van der Waals surface area contributed by atoms with Gasteiger partial charge in [0.25, 0.3) is 10.2 Å². The van der Waals surface area contributed by atoms with Gasteiger partial charge in [-0.15, -0.1) is 0 Å². The maximum Gasteiger partial charge on any atom is 0.315 e. The van der Waals surface area contributed by atoms with Crippen LogP contribution in [0.1, 0.15) is 5.56 Å². The fourth-order valence-corrected chi connectivity index (χ4v) is 3.87. The molecule has 2 amide bonds. The lowest BCUT2D eigenvalue weighted by Gasteiger charge is -2.11. The predicted molar refractivity (Wildman–Crippen MR) is 135 cm³/mol. The molecule has 0 saturated carbocycles. The number of fused-ring (bicyclic) bond motifs is 1. The lowest BCUT2D eigenvalue weighted by molar-refractivity contribution is -0.133. The highest BCUT2D eigenvalue weighted by atomic mass is 32.2. The third-order valence-electron chi connectivity index (χ3n) is 5.20. The highest BCUT2D eigenvalue weighted by molar-refractivity contribution is 7.87. The summed E-state index contributed by atoms with van der Waals surface area (Å²) in [5.41, 5.74) is 9.82. The van der Waals surface area contributed by atoms with Crippen LogP contribution in [0.3, 0.4) is 0 Å². The summed E-state index contributed by atoms with van der Waals surface area (Å²) in [7, 11) is -3.81. The van der Waals surface area contributed by atoms with Crippen LogP contribution in [0.15, 0.2) is 55.2 Å². The van der Waals surface area contributed by atoms with E-state index in [0.717, 1.165) is 22.1 Å². The molecule has 0 radical (unpaired) electrons. The van der Waals surface area contributed by atoms with Crippen molar-refractivity contribution in [3.05, 3.63) is 60.8 Å². The van der Waals surface area contributed by atoms with Gasteiger partial charge in [0.2, 0.25) is 0 Å². The number of benzene rings is 1. The molecule has 14 heteroatoms. The molecule has 0 aliphatic carbocycles. The molecule has 0 bridgehead atoms. The van der Waals surface area contributed by atoms with Gasteiger partial charge in [0, 0.05) is 48.0 Å². The van der Waals surface area contributed by atoms with E-state index in [4.69, 9.17) is 10.9 Å². The summed E-state index contributed by atoms with van der Waals surface area (Å²) in [4.78, 5) is 33.1. The highest BCUT2D eigenvalue weighted by Gasteiger charge is 2.16. The van der Waals surface area contributed by atoms with Crippen LogP contribution in [-0.2, 0) is 26.3 Å². The van der Waals surface area contributed by atoms with Crippen LogP contribution in [0.5, 0.6) is 0 Å². The van der Waals surface area contributed by atoms with Gasteiger partial charge < -0.3 is 16.4 Å². The van der Waals surface area contributed by atoms with Crippen LogP contribution < -0.4 is 26.2 Å². The molecule has 3 heterocycles. The Hall–Kier alpha value is -4.40. The topological polar surface area (TPSA) is 200 Å². The molecule has 36 heavy (non-hydrogen) atoms. The lowest BCUT2D eigenvalue weighted by Crippen LogP contribution is -2.33. The summed E-state index contributed by atoms with van der Waals surface area (Å²) >= 11 is 0. The zero-order valence-corrected chi connectivity index (χ0v) is 19.9. The van der Waals surface area contributed by atoms with Gasteiger partial charge in [0.1, 0.15) is 5.82 Å². The number of aromatic nitrogens is 4. The second-order valence-corrected chi connectivity index (χ2v) is 9.27. The van der Waals surface area contributed by atoms with Crippen molar-refractivity contribution in [1.82, 2.24) is 24.5 Å². The minimum absolute atomic E-state index is 0.00853. The Labute approximate surface area is 206 Å². The first-order valence-corrected chi connectivity index (χ1v) is 12.2. The summed E-state index contributed by atoms with van der Waals surface area (Å²) in [5, 5.41) is 15.2. The number of aryl methyl sites for hydroxylation is 1. The average molecular weight is 510 g/mol. The van der Waals surface area contributed by atoms with Crippen molar-refractivity contribution >= 4 is 50.0 Å². The molecule has 13 nitrogen and oxygen atoms in total. The molecule has 186 valence electrons.